The van der Waals surface area contributed by atoms with Crippen LogP contribution in [0.5, 0.6) is 0 Å². The average molecular weight is 414 g/mol. The van der Waals surface area contributed by atoms with Crippen molar-refractivity contribution in [1.82, 2.24) is 19.9 Å². The van der Waals surface area contributed by atoms with E-state index in [1.54, 1.807) is 20.8 Å². The molecule has 0 unspecified atom stereocenters. The summed E-state index contributed by atoms with van der Waals surface area (Å²) in [4.78, 5) is 2.84. The van der Waals surface area contributed by atoms with Gasteiger partial charge in [-0.25, -0.2) is 13.1 Å². The second-order valence-electron chi connectivity index (χ2n) is 6.23. The number of aromatic nitrogens is 3. The fourth-order valence-electron chi connectivity index (χ4n) is 2.86. The van der Waals surface area contributed by atoms with E-state index in [2.05, 4.69) is 19.9 Å². The second-order valence-corrected chi connectivity index (χ2v) is 7.93. The number of rotatable bonds is 5. The minimum Gasteiger partial charge on any atom is -0.421 e. The molecule has 0 aliphatic rings. The van der Waals surface area contributed by atoms with Crippen molar-refractivity contribution in [1.29, 1.82) is 0 Å². The van der Waals surface area contributed by atoms with E-state index in [1.165, 1.54) is 12.1 Å². The first-order valence-corrected chi connectivity index (χ1v) is 9.63. The highest BCUT2D eigenvalue weighted by atomic mass is 32.2. The first kappa shape index (κ1) is 20.1. The fraction of sp³-hybridized carbons (Fsp3) is 0.294. The van der Waals surface area contributed by atoms with Crippen molar-refractivity contribution < 1.29 is 26.0 Å². The van der Waals surface area contributed by atoms with Crippen LogP contribution in [0.1, 0.15) is 28.4 Å². The third-order valence-corrected chi connectivity index (χ3v) is 5.62. The zero-order valence-corrected chi connectivity index (χ0v) is 16.0. The second kappa shape index (κ2) is 7.06. The Balaban J connectivity index is 1.93. The van der Waals surface area contributed by atoms with Crippen molar-refractivity contribution >= 4 is 10.0 Å². The maximum atomic E-state index is 12.9. The maximum Gasteiger partial charge on any atom is 0.416 e. The lowest BCUT2D eigenvalue weighted by Crippen LogP contribution is -2.24. The third-order valence-electron chi connectivity index (χ3n) is 4.05. The normalized spacial score (nSPS) is 12.5. The van der Waals surface area contributed by atoms with Crippen LogP contribution in [0.4, 0.5) is 13.2 Å². The Hall–Kier alpha value is -2.66. The van der Waals surface area contributed by atoms with E-state index >= 15 is 0 Å². The van der Waals surface area contributed by atoms with Gasteiger partial charge in [0.2, 0.25) is 15.9 Å². The Labute approximate surface area is 159 Å². The van der Waals surface area contributed by atoms with Crippen molar-refractivity contribution in [3.05, 3.63) is 52.7 Å². The number of H-pyrrole nitrogens is 1. The molecule has 0 saturated heterocycles. The number of sulfonamides is 1. The fourth-order valence-corrected chi connectivity index (χ4v) is 4.32. The van der Waals surface area contributed by atoms with Crippen molar-refractivity contribution in [3.8, 4) is 11.5 Å². The molecular formula is C17H17F3N4O3S. The molecule has 28 heavy (non-hydrogen) atoms. The summed E-state index contributed by atoms with van der Waals surface area (Å²) in [6, 6.07) is 4.47. The molecule has 2 N–H and O–H groups in total. The Morgan fingerprint density at radius 1 is 1.14 bits per heavy atom. The monoisotopic (exact) mass is 414 g/mol. The number of aryl methyl sites for hydroxylation is 3. The Morgan fingerprint density at radius 2 is 1.86 bits per heavy atom. The third kappa shape index (κ3) is 3.94. The van der Waals surface area contributed by atoms with Crippen molar-refractivity contribution in [2.24, 2.45) is 0 Å². The molecule has 3 aromatic rings. The average Bonchev–Trinajstić information content (AvgIpc) is 3.15. The zero-order valence-electron chi connectivity index (χ0n) is 15.2. The smallest absolute Gasteiger partial charge is 0.416 e. The summed E-state index contributed by atoms with van der Waals surface area (Å²) in [6.07, 6.45) is -4.51. The van der Waals surface area contributed by atoms with Gasteiger partial charge in [-0.1, -0.05) is 18.2 Å². The lowest BCUT2D eigenvalue weighted by atomic mass is 10.1. The SMILES string of the molecule is Cc1nnc(-c2c(C)[nH]c(C)c2S(=O)(=O)NCc2cccc(C(F)(F)F)c2)o1. The van der Waals surface area contributed by atoms with Gasteiger partial charge in [-0.15, -0.1) is 10.2 Å². The largest absolute Gasteiger partial charge is 0.421 e. The van der Waals surface area contributed by atoms with Gasteiger partial charge in [0.05, 0.1) is 11.1 Å². The van der Waals surface area contributed by atoms with Crippen LogP contribution >= 0.6 is 0 Å². The van der Waals surface area contributed by atoms with E-state index in [0.29, 0.717) is 11.4 Å². The Kier molecular flexibility index (Phi) is 5.06. The molecule has 0 saturated carbocycles. The number of hydrogen-bond donors (Lipinski definition) is 2. The van der Waals surface area contributed by atoms with E-state index < -0.39 is 21.8 Å². The molecule has 0 amide bonds. The van der Waals surface area contributed by atoms with Crippen LogP contribution in [0, 0.1) is 20.8 Å². The summed E-state index contributed by atoms with van der Waals surface area (Å²) >= 11 is 0. The predicted octanol–water partition coefficient (Wildman–Crippen LogP) is 3.49. The molecule has 0 fully saturated rings. The molecule has 0 aliphatic heterocycles. The number of hydrogen-bond acceptors (Lipinski definition) is 5. The lowest BCUT2D eigenvalue weighted by molar-refractivity contribution is -0.137. The molecule has 7 nitrogen and oxygen atoms in total. The topological polar surface area (TPSA) is 101 Å². The molecule has 2 aromatic heterocycles. The van der Waals surface area contributed by atoms with Gasteiger partial charge in [-0.05, 0) is 25.5 Å². The van der Waals surface area contributed by atoms with Gasteiger partial charge < -0.3 is 9.40 Å². The van der Waals surface area contributed by atoms with Crippen molar-refractivity contribution in [2.45, 2.75) is 38.4 Å². The van der Waals surface area contributed by atoms with Crippen molar-refractivity contribution in [3.63, 3.8) is 0 Å². The number of alkyl halides is 3. The van der Waals surface area contributed by atoms with Gasteiger partial charge in [0, 0.05) is 24.9 Å². The minimum atomic E-state index is -4.51. The van der Waals surface area contributed by atoms with E-state index in [0.717, 1.165) is 12.1 Å². The molecular weight excluding hydrogens is 397 g/mol. The molecule has 11 heteroatoms. The predicted molar refractivity (Wildman–Crippen MR) is 93.8 cm³/mol. The van der Waals surface area contributed by atoms with Crippen LogP contribution in [0.2, 0.25) is 0 Å². The number of halogens is 3. The standard InChI is InChI=1S/C17H17F3N4O3S/c1-9-14(16-24-23-11(3)27-16)15(10(2)22-9)28(25,26)21-8-12-5-4-6-13(7-12)17(18,19)20/h4-7,21-22H,8H2,1-3H3. The number of benzene rings is 1. The van der Waals surface area contributed by atoms with Gasteiger partial charge in [0.1, 0.15) is 4.90 Å². The molecule has 0 radical (unpaired) electrons. The highest BCUT2D eigenvalue weighted by molar-refractivity contribution is 7.89. The molecule has 2 heterocycles. The highest BCUT2D eigenvalue weighted by Gasteiger charge is 2.31. The maximum absolute atomic E-state index is 12.9. The van der Waals surface area contributed by atoms with E-state index in [9.17, 15) is 21.6 Å². The lowest BCUT2D eigenvalue weighted by Gasteiger charge is -2.11. The first-order valence-electron chi connectivity index (χ1n) is 8.14. The summed E-state index contributed by atoms with van der Waals surface area (Å²) in [5, 5.41) is 7.58. The Bertz CT molecular complexity index is 1120. The summed E-state index contributed by atoms with van der Waals surface area (Å²) in [6.45, 7) is 4.50. The summed E-state index contributed by atoms with van der Waals surface area (Å²) in [5.74, 6) is 0.312. The van der Waals surface area contributed by atoms with Crippen LogP contribution < -0.4 is 4.72 Å². The van der Waals surface area contributed by atoms with Crippen LogP contribution in [-0.2, 0) is 22.7 Å². The molecule has 0 spiro atoms. The van der Waals surface area contributed by atoms with Crippen molar-refractivity contribution in [2.75, 3.05) is 0 Å². The molecule has 3 rings (SSSR count). The van der Waals surface area contributed by atoms with Gasteiger partial charge in [0.15, 0.2) is 0 Å². The first-order chi connectivity index (χ1) is 13.0. The molecule has 0 atom stereocenters. The minimum absolute atomic E-state index is 0.0405. The van der Waals surface area contributed by atoms with Crippen LogP contribution in [0.15, 0.2) is 33.6 Å². The van der Waals surface area contributed by atoms with Gasteiger partial charge in [-0.3, -0.25) is 0 Å². The quantitative estimate of drug-likeness (QED) is 0.666. The number of aromatic amines is 1. The van der Waals surface area contributed by atoms with Gasteiger partial charge in [0.25, 0.3) is 5.89 Å². The van der Waals surface area contributed by atoms with Gasteiger partial charge in [-0.2, -0.15) is 13.2 Å². The zero-order chi connectivity index (χ0) is 20.7. The van der Waals surface area contributed by atoms with Gasteiger partial charge >= 0.3 is 6.18 Å². The number of nitrogens with zero attached hydrogens (tertiary/aromatic N) is 2. The summed E-state index contributed by atoms with van der Waals surface area (Å²) in [5.41, 5.74) is 0.425. The van der Waals surface area contributed by atoms with Crippen LogP contribution in [-0.4, -0.2) is 23.6 Å². The summed E-state index contributed by atoms with van der Waals surface area (Å²) in [7, 11) is -4.08. The van der Waals surface area contributed by atoms with E-state index in [-0.39, 0.29) is 34.3 Å². The van der Waals surface area contributed by atoms with E-state index in [4.69, 9.17) is 4.42 Å². The van der Waals surface area contributed by atoms with E-state index in [1.807, 2.05) is 0 Å². The van der Waals surface area contributed by atoms with Crippen LogP contribution in [0.3, 0.4) is 0 Å². The molecule has 0 bridgehead atoms. The summed E-state index contributed by atoms with van der Waals surface area (Å²) < 4.78 is 72.0. The number of nitrogens with one attached hydrogen (secondary N) is 2. The van der Waals surface area contributed by atoms with Crippen LogP contribution in [0.25, 0.3) is 11.5 Å². The molecule has 1 aromatic carbocycles. The Morgan fingerprint density at radius 3 is 2.46 bits per heavy atom. The highest BCUT2D eigenvalue weighted by Crippen LogP contribution is 2.33. The molecule has 0 aliphatic carbocycles. The molecule has 150 valence electrons.